The van der Waals surface area contributed by atoms with E-state index in [9.17, 15) is 0 Å². The molecule has 0 radical (unpaired) electrons. The molecule has 0 aliphatic rings. The Morgan fingerprint density at radius 3 is 1.52 bits per heavy atom. The van der Waals surface area contributed by atoms with Crippen molar-refractivity contribution in [3.05, 3.63) is 231 Å². The van der Waals surface area contributed by atoms with Gasteiger partial charge < -0.3 is 13.9 Å². The van der Waals surface area contributed by atoms with Gasteiger partial charge in [-0.3, -0.25) is 0 Å². The van der Waals surface area contributed by atoms with Gasteiger partial charge in [-0.15, -0.1) is 0 Å². The summed E-state index contributed by atoms with van der Waals surface area (Å²) >= 11 is 0. The molecular weight excluding hydrogens is 741 g/mol. The van der Waals surface area contributed by atoms with E-state index in [1.807, 2.05) is 12.1 Å². The first-order chi connectivity index (χ1) is 30.3. The Morgan fingerprint density at radius 2 is 0.836 bits per heavy atom. The fraction of sp³-hybridized carbons (Fsp3) is 0. The van der Waals surface area contributed by atoms with E-state index in [1.54, 1.807) is 0 Å². The monoisotopic (exact) mass is 778 g/mol. The summed E-state index contributed by atoms with van der Waals surface area (Å²) in [5, 5.41) is 7.22. The lowest BCUT2D eigenvalue weighted by Gasteiger charge is -2.26. The molecule has 3 heteroatoms. The first-order valence-corrected chi connectivity index (χ1v) is 20.8. The Kier molecular flexibility index (Phi) is 8.17. The Hall–Kier alpha value is -8.14. The summed E-state index contributed by atoms with van der Waals surface area (Å²) in [6.45, 7) is 0. The van der Waals surface area contributed by atoms with Crippen LogP contribution in [0.15, 0.2) is 235 Å². The molecule has 0 spiro atoms. The fourth-order valence-corrected chi connectivity index (χ4v) is 9.34. The molecule has 61 heavy (non-hydrogen) atoms. The van der Waals surface area contributed by atoms with Crippen LogP contribution in [0.25, 0.3) is 93.6 Å². The standard InChI is InChI=1S/C58H38N2O/c1-3-14-39(15-4-1)40-26-32-44(33-27-40)59(45-34-28-41(29-35-45)47-22-13-23-52-50-20-10-12-25-56(50)61-58(47)52)46-36-30-42(31-37-46)53-38-54-49-19-9-11-24-55(49)60(43-16-5-2-6-17-43)57(54)51-21-8-7-18-48(51)53/h1-38H. The van der Waals surface area contributed by atoms with Crippen LogP contribution in [0.5, 0.6) is 0 Å². The van der Waals surface area contributed by atoms with Gasteiger partial charge in [0, 0.05) is 55.2 Å². The molecule has 0 unspecified atom stereocenters. The van der Waals surface area contributed by atoms with Gasteiger partial charge in [-0.2, -0.15) is 0 Å². The number of para-hydroxylation sites is 4. The Bertz CT molecular complexity index is 3550. The number of aromatic nitrogens is 1. The Labute approximate surface area is 353 Å². The lowest BCUT2D eigenvalue weighted by Crippen LogP contribution is -2.09. The zero-order valence-electron chi connectivity index (χ0n) is 33.2. The van der Waals surface area contributed by atoms with Gasteiger partial charge in [-0.05, 0) is 99.9 Å². The predicted molar refractivity (Wildman–Crippen MR) is 257 cm³/mol. The van der Waals surface area contributed by atoms with Crippen molar-refractivity contribution in [1.29, 1.82) is 0 Å². The second kappa shape index (κ2) is 14.3. The minimum atomic E-state index is 0.905. The van der Waals surface area contributed by atoms with Crippen molar-refractivity contribution in [3.8, 4) is 39.1 Å². The molecule has 0 saturated carbocycles. The summed E-state index contributed by atoms with van der Waals surface area (Å²) in [4.78, 5) is 2.35. The lowest BCUT2D eigenvalue weighted by molar-refractivity contribution is 0.670. The number of nitrogens with zero attached hydrogens (tertiary/aromatic N) is 2. The first-order valence-electron chi connectivity index (χ1n) is 20.8. The average molecular weight is 779 g/mol. The van der Waals surface area contributed by atoms with E-state index in [1.165, 1.54) is 54.8 Å². The van der Waals surface area contributed by atoms with Gasteiger partial charge in [-0.25, -0.2) is 0 Å². The van der Waals surface area contributed by atoms with Crippen LogP contribution in [0.3, 0.4) is 0 Å². The van der Waals surface area contributed by atoms with Crippen LogP contribution in [0.4, 0.5) is 17.1 Å². The van der Waals surface area contributed by atoms with Crippen molar-refractivity contribution >= 4 is 71.6 Å². The van der Waals surface area contributed by atoms with E-state index >= 15 is 0 Å². The molecule has 0 atom stereocenters. The van der Waals surface area contributed by atoms with E-state index in [2.05, 4.69) is 228 Å². The number of benzene rings is 10. The summed E-state index contributed by atoms with van der Waals surface area (Å²) in [5.41, 5.74) is 15.6. The summed E-state index contributed by atoms with van der Waals surface area (Å²) in [7, 11) is 0. The third-order valence-corrected chi connectivity index (χ3v) is 12.2. The molecule has 0 aliphatic carbocycles. The highest BCUT2D eigenvalue weighted by Gasteiger charge is 2.20. The number of rotatable bonds is 7. The van der Waals surface area contributed by atoms with E-state index in [0.29, 0.717) is 0 Å². The third kappa shape index (κ3) is 5.82. The molecule has 12 rings (SSSR count). The number of anilines is 3. The molecule has 286 valence electrons. The normalized spacial score (nSPS) is 11.6. The minimum Gasteiger partial charge on any atom is -0.455 e. The highest BCUT2D eigenvalue weighted by atomic mass is 16.3. The Balaban J connectivity index is 0.979. The number of fused-ring (bicyclic) bond motifs is 8. The molecule has 2 heterocycles. The Morgan fingerprint density at radius 1 is 0.328 bits per heavy atom. The SMILES string of the molecule is c1ccc(-c2ccc(N(c3ccc(-c4cc5c6ccccc6n(-c6ccccc6)c5c5ccccc45)cc3)c3ccc(-c4cccc5c4oc4ccccc45)cc3)cc2)cc1. The van der Waals surface area contributed by atoms with Gasteiger partial charge in [0.25, 0.3) is 0 Å². The molecule has 0 fully saturated rings. The van der Waals surface area contributed by atoms with Crippen molar-refractivity contribution in [1.82, 2.24) is 4.57 Å². The maximum atomic E-state index is 6.43. The van der Waals surface area contributed by atoms with Gasteiger partial charge in [0.05, 0.1) is 11.0 Å². The summed E-state index contributed by atoms with van der Waals surface area (Å²) in [6, 6.07) is 82.8. The van der Waals surface area contributed by atoms with Crippen molar-refractivity contribution in [2.75, 3.05) is 4.90 Å². The van der Waals surface area contributed by atoms with Crippen LogP contribution in [0.2, 0.25) is 0 Å². The van der Waals surface area contributed by atoms with Crippen molar-refractivity contribution in [3.63, 3.8) is 0 Å². The van der Waals surface area contributed by atoms with Gasteiger partial charge >= 0.3 is 0 Å². The van der Waals surface area contributed by atoms with Gasteiger partial charge in [0.2, 0.25) is 0 Å². The molecule has 0 N–H and O–H groups in total. The van der Waals surface area contributed by atoms with E-state index in [4.69, 9.17) is 4.42 Å². The minimum absolute atomic E-state index is 0.905. The zero-order valence-corrected chi connectivity index (χ0v) is 33.2. The van der Waals surface area contributed by atoms with Gasteiger partial charge in [0.15, 0.2) is 0 Å². The smallest absolute Gasteiger partial charge is 0.143 e. The topological polar surface area (TPSA) is 21.3 Å². The average Bonchev–Trinajstić information content (AvgIpc) is 3.89. The van der Waals surface area contributed by atoms with Crippen LogP contribution in [0.1, 0.15) is 0 Å². The van der Waals surface area contributed by atoms with Crippen LogP contribution < -0.4 is 4.90 Å². The second-order valence-corrected chi connectivity index (χ2v) is 15.7. The van der Waals surface area contributed by atoms with E-state index in [-0.39, 0.29) is 0 Å². The van der Waals surface area contributed by atoms with Crippen molar-refractivity contribution < 1.29 is 4.42 Å². The number of hydrogen-bond donors (Lipinski definition) is 0. The molecule has 12 aromatic rings. The summed E-state index contributed by atoms with van der Waals surface area (Å²) in [5.74, 6) is 0. The molecule has 0 amide bonds. The molecule has 3 nitrogen and oxygen atoms in total. The quantitative estimate of drug-likeness (QED) is 0.161. The van der Waals surface area contributed by atoms with Crippen LogP contribution in [0, 0.1) is 0 Å². The fourth-order valence-electron chi connectivity index (χ4n) is 9.34. The zero-order chi connectivity index (χ0) is 40.3. The third-order valence-electron chi connectivity index (χ3n) is 12.2. The molecule has 2 aromatic heterocycles. The maximum absolute atomic E-state index is 6.43. The second-order valence-electron chi connectivity index (χ2n) is 15.7. The van der Waals surface area contributed by atoms with Crippen molar-refractivity contribution in [2.24, 2.45) is 0 Å². The van der Waals surface area contributed by atoms with E-state index < -0.39 is 0 Å². The summed E-state index contributed by atoms with van der Waals surface area (Å²) in [6.07, 6.45) is 0. The number of hydrogen-bond acceptors (Lipinski definition) is 2. The lowest BCUT2D eigenvalue weighted by atomic mass is 9.95. The van der Waals surface area contributed by atoms with Crippen molar-refractivity contribution in [2.45, 2.75) is 0 Å². The largest absolute Gasteiger partial charge is 0.455 e. The first kappa shape index (κ1) is 34.9. The van der Waals surface area contributed by atoms with Gasteiger partial charge in [-0.1, -0.05) is 164 Å². The van der Waals surface area contributed by atoms with Crippen LogP contribution in [-0.4, -0.2) is 4.57 Å². The van der Waals surface area contributed by atoms with E-state index in [0.717, 1.165) is 55.8 Å². The predicted octanol–water partition coefficient (Wildman–Crippen LogP) is 16.3. The molecule has 0 saturated heterocycles. The summed E-state index contributed by atoms with van der Waals surface area (Å²) < 4.78 is 8.85. The molecule has 0 aliphatic heterocycles. The van der Waals surface area contributed by atoms with Gasteiger partial charge in [0.1, 0.15) is 11.2 Å². The highest BCUT2D eigenvalue weighted by Crippen LogP contribution is 2.43. The molecule has 10 aromatic carbocycles. The highest BCUT2D eigenvalue weighted by molar-refractivity contribution is 6.22. The number of furan rings is 1. The van der Waals surface area contributed by atoms with Crippen LogP contribution in [-0.2, 0) is 0 Å². The maximum Gasteiger partial charge on any atom is 0.143 e. The van der Waals surface area contributed by atoms with Crippen LogP contribution >= 0.6 is 0 Å². The molecular formula is C58H38N2O. The molecule has 0 bridgehead atoms.